The maximum absolute atomic E-state index is 11.9. The highest BCUT2D eigenvalue weighted by molar-refractivity contribution is 9.10. The van der Waals surface area contributed by atoms with Gasteiger partial charge in [0.25, 0.3) is 0 Å². The molecule has 0 fully saturated rings. The number of ketones is 1. The maximum atomic E-state index is 11.9. The zero-order valence-corrected chi connectivity index (χ0v) is 12.1. The van der Waals surface area contributed by atoms with Crippen LogP contribution in [0.2, 0.25) is 0 Å². The number of hydrogen-bond acceptors (Lipinski definition) is 2. The molecule has 96 valence electrons. The molecule has 2 aromatic carbocycles. The van der Waals surface area contributed by atoms with E-state index in [-0.39, 0.29) is 5.78 Å². The monoisotopic (exact) mass is 315 g/mol. The van der Waals surface area contributed by atoms with Gasteiger partial charge in [-0.2, -0.15) is 0 Å². The molecule has 0 amide bonds. The Morgan fingerprint density at radius 2 is 1.68 bits per heavy atom. The van der Waals surface area contributed by atoms with Gasteiger partial charge in [-0.15, -0.1) is 0 Å². The summed E-state index contributed by atoms with van der Waals surface area (Å²) in [6.45, 7) is 2.00. The first-order valence-electron chi connectivity index (χ1n) is 5.95. The smallest absolute Gasteiger partial charge is 0.187 e. The third kappa shape index (κ3) is 4.07. The van der Waals surface area contributed by atoms with E-state index in [1.807, 2.05) is 55.5 Å². The Morgan fingerprint density at radius 3 is 2.32 bits per heavy atom. The van der Waals surface area contributed by atoms with Crippen molar-refractivity contribution in [3.63, 3.8) is 0 Å². The highest BCUT2D eigenvalue weighted by Gasteiger charge is 1.99. The lowest BCUT2D eigenvalue weighted by molar-refractivity contribution is 0.104. The predicted molar refractivity (Wildman–Crippen MR) is 82.4 cm³/mol. The number of rotatable bonds is 4. The molecule has 0 aliphatic rings. The lowest BCUT2D eigenvalue weighted by Crippen LogP contribution is -1.96. The molecule has 0 atom stereocenters. The molecule has 3 heteroatoms. The van der Waals surface area contributed by atoms with Gasteiger partial charge in [-0.05, 0) is 31.2 Å². The summed E-state index contributed by atoms with van der Waals surface area (Å²) in [6.07, 6.45) is 3.19. The van der Waals surface area contributed by atoms with Crippen LogP contribution in [-0.4, -0.2) is 5.78 Å². The van der Waals surface area contributed by atoms with Crippen LogP contribution in [0.15, 0.2) is 65.3 Å². The third-order valence-electron chi connectivity index (χ3n) is 2.67. The Kier molecular flexibility index (Phi) is 4.53. The molecule has 0 heterocycles. The van der Waals surface area contributed by atoms with Crippen LogP contribution in [0.4, 0.5) is 5.69 Å². The van der Waals surface area contributed by atoms with Gasteiger partial charge >= 0.3 is 0 Å². The largest absolute Gasteiger partial charge is 0.362 e. The first-order valence-corrected chi connectivity index (χ1v) is 6.74. The predicted octanol–water partition coefficient (Wildman–Crippen LogP) is 4.57. The molecule has 19 heavy (non-hydrogen) atoms. The molecule has 0 aliphatic carbocycles. The summed E-state index contributed by atoms with van der Waals surface area (Å²) < 4.78 is 1.03. The second-order valence-electron chi connectivity index (χ2n) is 4.21. The SMILES string of the molecule is Cc1ccc(C(=O)C=CNc2ccc(Br)cc2)cc1. The molecule has 0 radical (unpaired) electrons. The zero-order valence-electron chi connectivity index (χ0n) is 10.6. The molecule has 0 saturated carbocycles. The average molecular weight is 316 g/mol. The highest BCUT2D eigenvalue weighted by atomic mass is 79.9. The molecule has 1 N–H and O–H groups in total. The first-order chi connectivity index (χ1) is 9.15. The molecule has 0 unspecified atom stereocenters. The van der Waals surface area contributed by atoms with Crippen LogP contribution in [-0.2, 0) is 0 Å². The molecule has 2 rings (SSSR count). The summed E-state index contributed by atoms with van der Waals surface area (Å²) >= 11 is 3.37. The van der Waals surface area contributed by atoms with Crippen LogP contribution in [0.1, 0.15) is 15.9 Å². The third-order valence-corrected chi connectivity index (χ3v) is 3.19. The second-order valence-corrected chi connectivity index (χ2v) is 5.13. The number of aryl methyl sites for hydroxylation is 1. The van der Waals surface area contributed by atoms with Crippen molar-refractivity contribution in [2.24, 2.45) is 0 Å². The molecule has 0 aliphatic heterocycles. The van der Waals surface area contributed by atoms with E-state index < -0.39 is 0 Å². The van der Waals surface area contributed by atoms with Crippen molar-refractivity contribution in [2.75, 3.05) is 5.32 Å². The molecule has 0 spiro atoms. The van der Waals surface area contributed by atoms with Crippen LogP contribution in [0.25, 0.3) is 0 Å². The minimum absolute atomic E-state index is 0.00962. The Hall–Kier alpha value is -1.87. The highest BCUT2D eigenvalue weighted by Crippen LogP contribution is 2.14. The number of allylic oxidation sites excluding steroid dienone is 1. The topological polar surface area (TPSA) is 29.1 Å². The van der Waals surface area contributed by atoms with Crippen molar-refractivity contribution < 1.29 is 4.79 Å². The van der Waals surface area contributed by atoms with Crippen LogP contribution < -0.4 is 5.32 Å². The van der Waals surface area contributed by atoms with E-state index in [4.69, 9.17) is 0 Å². The van der Waals surface area contributed by atoms with Gasteiger partial charge in [-0.25, -0.2) is 0 Å². The Labute approximate surface area is 121 Å². The van der Waals surface area contributed by atoms with E-state index in [0.29, 0.717) is 5.56 Å². The van der Waals surface area contributed by atoms with Crippen LogP contribution in [0.3, 0.4) is 0 Å². The van der Waals surface area contributed by atoms with E-state index in [2.05, 4.69) is 21.2 Å². The molecule has 0 bridgehead atoms. The normalized spacial score (nSPS) is 10.6. The van der Waals surface area contributed by atoms with Gasteiger partial charge in [0.2, 0.25) is 0 Å². The van der Waals surface area contributed by atoms with Gasteiger partial charge in [0.1, 0.15) is 0 Å². The van der Waals surface area contributed by atoms with E-state index in [9.17, 15) is 4.79 Å². The van der Waals surface area contributed by atoms with E-state index in [0.717, 1.165) is 15.7 Å². The van der Waals surface area contributed by atoms with Gasteiger partial charge in [-0.3, -0.25) is 4.79 Å². The summed E-state index contributed by atoms with van der Waals surface area (Å²) in [5, 5.41) is 3.06. The Balaban J connectivity index is 1.97. The number of nitrogens with one attached hydrogen (secondary N) is 1. The summed E-state index contributed by atoms with van der Waals surface area (Å²) in [5.41, 5.74) is 2.78. The lowest BCUT2D eigenvalue weighted by Gasteiger charge is -2.00. The minimum atomic E-state index is -0.00962. The second kappa shape index (κ2) is 6.34. The van der Waals surface area contributed by atoms with Crippen molar-refractivity contribution in [1.29, 1.82) is 0 Å². The quantitative estimate of drug-likeness (QED) is 0.661. The van der Waals surface area contributed by atoms with E-state index in [1.54, 1.807) is 6.20 Å². The van der Waals surface area contributed by atoms with Crippen molar-refractivity contribution in [3.05, 3.63) is 76.4 Å². The summed E-state index contributed by atoms with van der Waals surface area (Å²) in [7, 11) is 0. The standard InChI is InChI=1S/C16H14BrNO/c1-12-2-4-13(5-3-12)16(19)10-11-18-15-8-6-14(17)7-9-15/h2-11,18H,1H3. The van der Waals surface area contributed by atoms with E-state index >= 15 is 0 Å². The number of anilines is 1. The molecule has 0 saturated heterocycles. The van der Waals surface area contributed by atoms with Crippen molar-refractivity contribution in [1.82, 2.24) is 0 Å². The van der Waals surface area contributed by atoms with Gasteiger partial charge in [-0.1, -0.05) is 45.8 Å². The molecular formula is C16H14BrNO. The fourth-order valence-electron chi connectivity index (χ4n) is 1.57. The van der Waals surface area contributed by atoms with Gasteiger partial charge < -0.3 is 5.32 Å². The summed E-state index contributed by atoms with van der Waals surface area (Å²) in [6, 6.07) is 15.3. The Morgan fingerprint density at radius 1 is 1.05 bits per heavy atom. The zero-order chi connectivity index (χ0) is 13.7. The molecule has 0 aromatic heterocycles. The van der Waals surface area contributed by atoms with Gasteiger partial charge in [0.05, 0.1) is 0 Å². The number of carbonyl (C=O) groups excluding carboxylic acids is 1. The van der Waals surface area contributed by atoms with Gasteiger partial charge in [0, 0.05) is 28.0 Å². The van der Waals surface area contributed by atoms with Crippen molar-refractivity contribution in [3.8, 4) is 0 Å². The first kappa shape index (κ1) is 13.6. The van der Waals surface area contributed by atoms with Crippen LogP contribution in [0.5, 0.6) is 0 Å². The minimum Gasteiger partial charge on any atom is -0.362 e. The fourth-order valence-corrected chi connectivity index (χ4v) is 1.84. The van der Waals surface area contributed by atoms with Crippen LogP contribution in [0, 0.1) is 6.92 Å². The van der Waals surface area contributed by atoms with E-state index in [1.165, 1.54) is 6.08 Å². The molecule has 2 nitrogen and oxygen atoms in total. The fraction of sp³-hybridized carbons (Fsp3) is 0.0625. The maximum Gasteiger partial charge on any atom is 0.187 e. The van der Waals surface area contributed by atoms with Crippen molar-refractivity contribution >= 4 is 27.4 Å². The number of hydrogen-bond donors (Lipinski definition) is 1. The Bertz CT molecular complexity index is 585. The number of halogens is 1. The summed E-state index contributed by atoms with van der Waals surface area (Å²) in [5.74, 6) is -0.00962. The van der Waals surface area contributed by atoms with Gasteiger partial charge in [0.15, 0.2) is 5.78 Å². The average Bonchev–Trinajstić information content (AvgIpc) is 2.41. The number of benzene rings is 2. The van der Waals surface area contributed by atoms with Crippen LogP contribution >= 0.6 is 15.9 Å². The molecular weight excluding hydrogens is 302 g/mol. The summed E-state index contributed by atoms with van der Waals surface area (Å²) in [4.78, 5) is 11.9. The van der Waals surface area contributed by atoms with Crippen molar-refractivity contribution in [2.45, 2.75) is 6.92 Å². The lowest BCUT2D eigenvalue weighted by atomic mass is 10.1. The number of carbonyl (C=O) groups is 1. The molecule has 2 aromatic rings.